The van der Waals surface area contributed by atoms with Gasteiger partial charge < -0.3 is 5.11 Å². The molecule has 0 aliphatic heterocycles. The van der Waals surface area contributed by atoms with Gasteiger partial charge in [0.05, 0.1) is 6.33 Å². The van der Waals surface area contributed by atoms with Crippen LogP contribution in [0.4, 0.5) is 8.78 Å². The van der Waals surface area contributed by atoms with Crippen LogP contribution in [-0.2, 0) is 0 Å². The van der Waals surface area contributed by atoms with Gasteiger partial charge in [0.25, 0.3) is 0 Å². The second-order valence-electron chi connectivity index (χ2n) is 1.78. The number of hydrogen-bond donors (Lipinski definition) is 1. The Morgan fingerprint density at radius 2 is 2.25 bits per heavy atom. The molecule has 0 radical (unpaired) electrons. The summed E-state index contributed by atoms with van der Waals surface area (Å²) in [6, 6.07) is 0. The molecule has 0 fully saturated rings. The molecule has 0 saturated heterocycles. The SMILES string of the molecule is CC(O)(C=CF)CF. The van der Waals surface area contributed by atoms with Crippen LogP contribution in [0.2, 0.25) is 0 Å². The number of hydrogen-bond acceptors (Lipinski definition) is 1. The molecule has 1 unspecified atom stereocenters. The predicted molar refractivity (Wildman–Crippen MR) is 26.8 cm³/mol. The molecule has 8 heavy (non-hydrogen) atoms. The predicted octanol–water partition coefficient (Wildman–Crippen LogP) is 1.19. The first-order chi connectivity index (χ1) is 3.62. The maximum absolute atomic E-state index is 11.5. The molecule has 0 aromatic heterocycles. The molecule has 0 saturated carbocycles. The van der Waals surface area contributed by atoms with Crippen LogP contribution in [0.3, 0.4) is 0 Å². The molecule has 0 rings (SSSR count). The summed E-state index contributed by atoms with van der Waals surface area (Å²) in [7, 11) is 0. The molecule has 0 heterocycles. The molecule has 0 bridgehead atoms. The third-order valence-corrected chi connectivity index (χ3v) is 0.693. The van der Waals surface area contributed by atoms with Gasteiger partial charge in [-0.15, -0.1) is 0 Å². The van der Waals surface area contributed by atoms with Gasteiger partial charge in [-0.2, -0.15) is 0 Å². The van der Waals surface area contributed by atoms with Crippen LogP contribution >= 0.6 is 0 Å². The summed E-state index contributed by atoms with van der Waals surface area (Å²) in [6.07, 6.45) is 0.882. The highest BCUT2D eigenvalue weighted by Gasteiger charge is 2.14. The molecule has 0 spiro atoms. The highest BCUT2D eigenvalue weighted by molar-refractivity contribution is 4.93. The van der Waals surface area contributed by atoms with Gasteiger partial charge in [0.2, 0.25) is 0 Å². The van der Waals surface area contributed by atoms with Gasteiger partial charge >= 0.3 is 0 Å². The van der Waals surface area contributed by atoms with Crippen molar-refractivity contribution in [3.8, 4) is 0 Å². The van der Waals surface area contributed by atoms with Crippen molar-refractivity contribution < 1.29 is 13.9 Å². The molecule has 48 valence electrons. The molecule has 0 amide bonds. The average Bonchev–Trinajstić information content (AvgIpc) is 1.67. The van der Waals surface area contributed by atoms with Crippen molar-refractivity contribution in [1.82, 2.24) is 0 Å². The van der Waals surface area contributed by atoms with Crippen LogP contribution in [-0.4, -0.2) is 17.4 Å². The maximum atomic E-state index is 11.5. The summed E-state index contributed by atoms with van der Waals surface area (Å²) in [5.74, 6) is 0. The van der Waals surface area contributed by atoms with Crippen molar-refractivity contribution in [1.29, 1.82) is 0 Å². The highest BCUT2D eigenvalue weighted by atomic mass is 19.1. The summed E-state index contributed by atoms with van der Waals surface area (Å²) in [5, 5.41) is 8.62. The Morgan fingerprint density at radius 1 is 1.75 bits per heavy atom. The lowest BCUT2D eigenvalue weighted by Crippen LogP contribution is -2.22. The minimum atomic E-state index is -1.63. The van der Waals surface area contributed by atoms with Gasteiger partial charge in [0.15, 0.2) is 0 Å². The van der Waals surface area contributed by atoms with Crippen molar-refractivity contribution >= 4 is 0 Å². The van der Waals surface area contributed by atoms with Crippen molar-refractivity contribution in [2.45, 2.75) is 12.5 Å². The Bertz CT molecular complexity index is 88.4. The van der Waals surface area contributed by atoms with Crippen molar-refractivity contribution in [2.24, 2.45) is 0 Å². The lowest BCUT2D eigenvalue weighted by atomic mass is 10.1. The molecule has 1 nitrogen and oxygen atoms in total. The molecule has 0 aromatic rings. The first-order valence-corrected chi connectivity index (χ1v) is 2.18. The van der Waals surface area contributed by atoms with E-state index in [1.807, 2.05) is 0 Å². The van der Waals surface area contributed by atoms with Gasteiger partial charge in [0, 0.05) is 0 Å². The summed E-state index contributed by atoms with van der Waals surface area (Å²) in [5.41, 5.74) is -1.63. The van der Waals surface area contributed by atoms with Crippen molar-refractivity contribution in [3.63, 3.8) is 0 Å². The monoisotopic (exact) mass is 122 g/mol. The van der Waals surface area contributed by atoms with E-state index in [2.05, 4.69) is 0 Å². The van der Waals surface area contributed by atoms with E-state index in [4.69, 9.17) is 5.11 Å². The van der Waals surface area contributed by atoms with Crippen LogP contribution in [0.5, 0.6) is 0 Å². The lowest BCUT2D eigenvalue weighted by Gasteiger charge is -2.10. The van der Waals surface area contributed by atoms with Crippen LogP contribution in [0.25, 0.3) is 0 Å². The largest absolute Gasteiger partial charge is 0.383 e. The zero-order valence-corrected chi connectivity index (χ0v) is 4.56. The lowest BCUT2D eigenvalue weighted by molar-refractivity contribution is 0.0799. The second-order valence-corrected chi connectivity index (χ2v) is 1.78. The first-order valence-electron chi connectivity index (χ1n) is 2.18. The average molecular weight is 122 g/mol. The van der Waals surface area contributed by atoms with E-state index in [0.29, 0.717) is 0 Å². The van der Waals surface area contributed by atoms with Crippen LogP contribution in [0, 0.1) is 0 Å². The van der Waals surface area contributed by atoms with Gasteiger partial charge in [-0.25, -0.2) is 8.78 Å². The Labute approximate surface area is 46.6 Å². The number of halogens is 2. The first kappa shape index (κ1) is 7.56. The normalized spacial score (nSPS) is 19.0. The minimum absolute atomic E-state index is 0.125. The standard InChI is InChI=1S/C5H8F2O/c1-5(8,4-7)2-3-6/h2-3,8H,4H2,1H3. The van der Waals surface area contributed by atoms with Gasteiger partial charge in [-0.1, -0.05) is 0 Å². The Hall–Kier alpha value is -0.440. The molecular weight excluding hydrogens is 114 g/mol. The Balaban J connectivity index is 3.71. The van der Waals surface area contributed by atoms with Crippen LogP contribution < -0.4 is 0 Å². The fraction of sp³-hybridized carbons (Fsp3) is 0.600. The molecule has 1 atom stereocenters. The highest BCUT2D eigenvalue weighted by Crippen LogP contribution is 2.04. The molecule has 0 aliphatic carbocycles. The number of aliphatic hydroxyl groups is 1. The van der Waals surface area contributed by atoms with E-state index in [9.17, 15) is 8.78 Å². The van der Waals surface area contributed by atoms with E-state index in [1.165, 1.54) is 6.92 Å². The summed E-state index contributed by atoms with van der Waals surface area (Å²) in [4.78, 5) is 0. The van der Waals surface area contributed by atoms with E-state index >= 15 is 0 Å². The molecule has 0 aromatic carbocycles. The van der Waals surface area contributed by atoms with Crippen molar-refractivity contribution in [2.75, 3.05) is 6.67 Å². The third kappa shape index (κ3) is 2.69. The molecular formula is C5H8F2O. The summed E-state index contributed by atoms with van der Waals surface area (Å²) in [6.45, 7) is 0.219. The van der Waals surface area contributed by atoms with E-state index < -0.39 is 12.3 Å². The van der Waals surface area contributed by atoms with E-state index in [1.54, 1.807) is 0 Å². The van der Waals surface area contributed by atoms with Gasteiger partial charge in [-0.05, 0) is 13.0 Å². The minimum Gasteiger partial charge on any atom is -0.383 e. The summed E-state index contributed by atoms with van der Waals surface area (Å²) >= 11 is 0. The fourth-order valence-electron chi connectivity index (χ4n) is 0.180. The van der Waals surface area contributed by atoms with Crippen LogP contribution in [0.15, 0.2) is 12.4 Å². The van der Waals surface area contributed by atoms with E-state index in [-0.39, 0.29) is 6.33 Å². The second kappa shape index (κ2) is 2.77. The zero-order valence-electron chi connectivity index (χ0n) is 4.56. The maximum Gasteiger partial charge on any atom is 0.122 e. The summed E-state index contributed by atoms with van der Waals surface area (Å²) < 4.78 is 22.7. The third-order valence-electron chi connectivity index (χ3n) is 0.693. The number of rotatable bonds is 2. The Morgan fingerprint density at radius 3 is 2.38 bits per heavy atom. The van der Waals surface area contributed by atoms with Crippen molar-refractivity contribution in [3.05, 3.63) is 12.4 Å². The van der Waals surface area contributed by atoms with Gasteiger partial charge in [-0.3, -0.25) is 0 Å². The fourth-order valence-corrected chi connectivity index (χ4v) is 0.180. The molecule has 3 heteroatoms. The number of alkyl halides is 1. The molecule has 0 aliphatic rings. The Kier molecular flexibility index (Phi) is 2.62. The topological polar surface area (TPSA) is 20.2 Å². The van der Waals surface area contributed by atoms with E-state index in [0.717, 1.165) is 6.08 Å². The van der Waals surface area contributed by atoms with Crippen LogP contribution in [0.1, 0.15) is 6.92 Å². The smallest absolute Gasteiger partial charge is 0.122 e. The quantitative estimate of drug-likeness (QED) is 0.583. The molecule has 1 N–H and O–H groups in total. The van der Waals surface area contributed by atoms with Gasteiger partial charge in [0.1, 0.15) is 12.3 Å². The zero-order chi connectivity index (χ0) is 6.62.